The molecule has 0 aliphatic rings. The number of anilines is 1. The van der Waals surface area contributed by atoms with Gasteiger partial charge in [0.25, 0.3) is 11.5 Å². The van der Waals surface area contributed by atoms with Crippen molar-refractivity contribution >= 4 is 17.3 Å². The number of nitro benzene ring substituents is 1. The van der Waals surface area contributed by atoms with Crippen molar-refractivity contribution in [2.75, 3.05) is 5.73 Å². The Morgan fingerprint density at radius 3 is 2.83 bits per heavy atom. The predicted molar refractivity (Wildman–Crippen MR) is 83.5 cm³/mol. The molecule has 0 spiro atoms. The molecule has 0 radical (unpaired) electrons. The minimum absolute atomic E-state index is 0.00332. The van der Waals surface area contributed by atoms with E-state index in [1.807, 2.05) is 0 Å². The van der Waals surface area contributed by atoms with Crippen LogP contribution >= 0.6 is 0 Å². The number of hydrogen-bond acceptors (Lipinski definition) is 7. The quantitative estimate of drug-likeness (QED) is 0.430. The molecule has 2 aromatic heterocycles. The second-order valence-corrected chi connectivity index (χ2v) is 5.17. The van der Waals surface area contributed by atoms with Gasteiger partial charge in [0.15, 0.2) is 17.3 Å². The number of carbonyl (C=O) groups excluding carboxylic acids is 1. The topological polar surface area (TPSA) is 130 Å². The SMILES string of the molecule is Cc1cc(Cn2nnc(C(=O)c3ccco3)c2N)ccc1[N+](=O)[O-]. The van der Waals surface area contributed by atoms with E-state index >= 15 is 0 Å². The van der Waals surface area contributed by atoms with Crippen LogP contribution < -0.4 is 5.73 Å². The summed E-state index contributed by atoms with van der Waals surface area (Å²) in [5.41, 5.74) is 7.27. The highest BCUT2D eigenvalue weighted by molar-refractivity contribution is 6.08. The highest BCUT2D eigenvalue weighted by Gasteiger charge is 2.21. The Labute approximate surface area is 135 Å². The van der Waals surface area contributed by atoms with Crippen LogP contribution in [-0.2, 0) is 6.54 Å². The van der Waals surface area contributed by atoms with Crippen molar-refractivity contribution in [3.8, 4) is 0 Å². The third-order valence-corrected chi connectivity index (χ3v) is 3.52. The summed E-state index contributed by atoms with van der Waals surface area (Å²) in [6, 6.07) is 7.81. The first-order valence-corrected chi connectivity index (χ1v) is 6.98. The van der Waals surface area contributed by atoms with Crippen molar-refractivity contribution in [1.29, 1.82) is 0 Å². The van der Waals surface area contributed by atoms with Crippen LogP contribution in [0.3, 0.4) is 0 Å². The van der Waals surface area contributed by atoms with Gasteiger partial charge in [-0.2, -0.15) is 0 Å². The van der Waals surface area contributed by atoms with Crippen molar-refractivity contribution in [2.45, 2.75) is 13.5 Å². The van der Waals surface area contributed by atoms with Gasteiger partial charge < -0.3 is 10.2 Å². The van der Waals surface area contributed by atoms with Crippen LogP contribution in [0, 0.1) is 17.0 Å². The standard InChI is InChI=1S/C15H13N5O4/c1-9-7-10(4-5-11(9)20(22)23)8-19-15(16)13(17-18-19)14(21)12-3-2-6-24-12/h2-7H,8,16H2,1H3. The number of rotatable bonds is 5. The lowest BCUT2D eigenvalue weighted by molar-refractivity contribution is -0.385. The van der Waals surface area contributed by atoms with Crippen molar-refractivity contribution in [1.82, 2.24) is 15.0 Å². The van der Waals surface area contributed by atoms with E-state index in [2.05, 4.69) is 10.3 Å². The number of hydrogen-bond donors (Lipinski definition) is 1. The number of aromatic nitrogens is 3. The average Bonchev–Trinajstić information content (AvgIpc) is 3.18. The van der Waals surface area contributed by atoms with Gasteiger partial charge in [-0.1, -0.05) is 11.3 Å². The van der Waals surface area contributed by atoms with Gasteiger partial charge in [-0.25, -0.2) is 4.68 Å². The summed E-state index contributed by atoms with van der Waals surface area (Å²) in [6.07, 6.45) is 1.38. The minimum Gasteiger partial charge on any atom is -0.461 e. The van der Waals surface area contributed by atoms with Crippen LogP contribution in [0.15, 0.2) is 41.0 Å². The summed E-state index contributed by atoms with van der Waals surface area (Å²) >= 11 is 0. The average molecular weight is 327 g/mol. The molecule has 0 amide bonds. The molecule has 0 aliphatic heterocycles. The first kappa shape index (κ1) is 15.4. The number of nitro groups is 1. The number of carbonyl (C=O) groups is 1. The summed E-state index contributed by atoms with van der Waals surface area (Å²) in [5, 5.41) is 18.5. The lowest BCUT2D eigenvalue weighted by Crippen LogP contribution is -2.09. The lowest BCUT2D eigenvalue weighted by Gasteiger charge is -2.05. The third kappa shape index (κ3) is 2.74. The number of nitrogen functional groups attached to an aromatic ring is 1. The Bertz CT molecular complexity index is 914. The predicted octanol–water partition coefficient (Wildman–Crippen LogP) is 1.95. The summed E-state index contributed by atoms with van der Waals surface area (Å²) in [7, 11) is 0. The highest BCUT2D eigenvalue weighted by Crippen LogP contribution is 2.21. The van der Waals surface area contributed by atoms with Gasteiger partial charge in [0.2, 0.25) is 0 Å². The fourth-order valence-corrected chi connectivity index (χ4v) is 2.32. The molecule has 0 aliphatic carbocycles. The number of furan rings is 1. The molecule has 0 unspecified atom stereocenters. The lowest BCUT2D eigenvalue weighted by atomic mass is 10.1. The molecule has 2 heterocycles. The maximum Gasteiger partial charge on any atom is 0.272 e. The largest absolute Gasteiger partial charge is 0.461 e. The van der Waals surface area contributed by atoms with Gasteiger partial charge >= 0.3 is 0 Å². The van der Waals surface area contributed by atoms with Gasteiger partial charge in [0.1, 0.15) is 0 Å². The van der Waals surface area contributed by atoms with Crippen LogP contribution in [0.2, 0.25) is 0 Å². The molecule has 9 nitrogen and oxygen atoms in total. The molecule has 0 atom stereocenters. The van der Waals surface area contributed by atoms with Gasteiger partial charge in [0, 0.05) is 11.6 Å². The highest BCUT2D eigenvalue weighted by atomic mass is 16.6. The van der Waals surface area contributed by atoms with E-state index in [1.165, 1.54) is 23.1 Å². The molecule has 0 bridgehead atoms. The van der Waals surface area contributed by atoms with E-state index in [-0.39, 0.29) is 29.5 Å². The molecule has 9 heteroatoms. The number of ketones is 1. The molecule has 0 fully saturated rings. The van der Waals surface area contributed by atoms with Crippen molar-refractivity contribution in [3.63, 3.8) is 0 Å². The van der Waals surface area contributed by atoms with Crippen molar-refractivity contribution in [3.05, 3.63) is 69.3 Å². The molecule has 1 aromatic carbocycles. The van der Waals surface area contributed by atoms with Crippen LogP contribution in [0.1, 0.15) is 27.4 Å². The summed E-state index contributed by atoms with van der Waals surface area (Å²) in [6.45, 7) is 1.89. The van der Waals surface area contributed by atoms with Crippen LogP contribution in [-0.4, -0.2) is 25.7 Å². The number of aryl methyl sites for hydroxylation is 1. The second-order valence-electron chi connectivity index (χ2n) is 5.17. The van der Waals surface area contributed by atoms with E-state index in [0.717, 1.165) is 5.56 Å². The Morgan fingerprint density at radius 2 is 2.21 bits per heavy atom. The zero-order valence-corrected chi connectivity index (χ0v) is 12.7. The minimum atomic E-state index is -0.455. The molecule has 0 saturated heterocycles. The zero-order chi connectivity index (χ0) is 17.3. The zero-order valence-electron chi connectivity index (χ0n) is 12.7. The number of benzene rings is 1. The Kier molecular flexibility index (Phi) is 3.82. The van der Waals surface area contributed by atoms with E-state index in [1.54, 1.807) is 25.1 Å². The first-order chi connectivity index (χ1) is 11.5. The maximum absolute atomic E-state index is 12.2. The van der Waals surface area contributed by atoms with Gasteiger partial charge in [-0.05, 0) is 30.7 Å². The van der Waals surface area contributed by atoms with Crippen molar-refractivity contribution in [2.24, 2.45) is 0 Å². The van der Waals surface area contributed by atoms with Crippen molar-refractivity contribution < 1.29 is 14.1 Å². The summed E-state index contributed by atoms with van der Waals surface area (Å²) in [5.74, 6) is -0.226. The molecule has 2 N–H and O–H groups in total. The Hall–Kier alpha value is -3.49. The molecule has 122 valence electrons. The summed E-state index contributed by atoms with van der Waals surface area (Å²) < 4.78 is 6.40. The monoisotopic (exact) mass is 327 g/mol. The van der Waals surface area contributed by atoms with Gasteiger partial charge in [0.05, 0.1) is 17.7 Å². The Morgan fingerprint density at radius 1 is 1.42 bits per heavy atom. The van der Waals surface area contributed by atoms with E-state index < -0.39 is 10.7 Å². The number of nitrogens with two attached hydrogens (primary N) is 1. The molecule has 0 saturated carbocycles. The normalized spacial score (nSPS) is 10.7. The molecular weight excluding hydrogens is 314 g/mol. The van der Waals surface area contributed by atoms with E-state index in [0.29, 0.717) is 5.56 Å². The van der Waals surface area contributed by atoms with Gasteiger partial charge in [-0.3, -0.25) is 14.9 Å². The van der Waals surface area contributed by atoms with E-state index in [4.69, 9.17) is 10.2 Å². The molecule has 3 aromatic rings. The smallest absolute Gasteiger partial charge is 0.272 e. The first-order valence-electron chi connectivity index (χ1n) is 6.98. The van der Waals surface area contributed by atoms with Crippen LogP contribution in [0.25, 0.3) is 0 Å². The summed E-state index contributed by atoms with van der Waals surface area (Å²) in [4.78, 5) is 22.6. The fraction of sp³-hybridized carbons (Fsp3) is 0.133. The maximum atomic E-state index is 12.2. The second kappa shape index (κ2) is 5.95. The molecule has 24 heavy (non-hydrogen) atoms. The van der Waals surface area contributed by atoms with E-state index in [9.17, 15) is 14.9 Å². The third-order valence-electron chi connectivity index (χ3n) is 3.52. The van der Waals surface area contributed by atoms with Crippen LogP contribution in [0.4, 0.5) is 11.5 Å². The fourth-order valence-electron chi connectivity index (χ4n) is 2.32. The van der Waals surface area contributed by atoms with Crippen LogP contribution in [0.5, 0.6) is 0 Å². The van der Waals surface area contributed by atoms with Gasteiger partial charge in [-0.15, -0.1) is 5.10 Å². The number of nitrogens with zero attached hydrogens (tertiary/aromatic N) is 4. The Balaban J connectivity index is 1.86. The molecular formula is C15H13N5O4. The molecule has 3 rings (SSSR count).